The fraction of sp³-hybridized carbons (Fsp3) is 0.500. The molecule has 10 heavy (non-hydrogen) atoms. The number of hydrogen-bond acceptors (Lipinski definition) is 4. The minimum absolute atomic E-state index is 0.316. The molecule has 0 atom stereocenters. The van der Waals surface area contributed by atoms with Crippen molar-refractivity contribution >= 4 is 5.97 Å². The summed E-state index contributed by atoms with van der Waals surface area (Å²) in [4.78, 5) is 15.1. The first-order valence-corrected chi connectivity index (χ1v) is 2.99. The Balaban J connectivity index is 2.28. The highest BCUT2D eigenvalue weighted by atomic mass is 16.7. The van der Waals surface area contributed by atoms with Gasteiger partial charge in [0.05, 0.1) is 12.8 Å². The molecule has 4 nitrogen and oxygen atoms in total. The zero-order valence-corrected chi connectivity index (χ0v) is 5.74. The summed E-state index contributed by atoms with van der Waals surface area (Å²) >= 11 is 0. The quantitative estimate of drug-likeness (QED) is 0.528. The third-order valence-electron chi connectivity index (χ3n) is 0.978. The van der Waals surface area contributed by atoms with Crippen molar-refractivity contribution in [3.8, 4) is 0 Å². The Morgan fingerprint density at radius 2 is 2.60 bits per heavy atom. The van der Waals surface area contributed by atoms with Crippen molar-refractivity contribution in [1.29, 1.82) is 0 Å². The lowest BCUT2D eigenvalue weighted by Crippen LogP contribution is -2.30. The van der Waals surface area contributed by atoms with Gasteiger partial charge in [-0.1, -0.05) is 5.06 Å². The minimum atomic E-state index is -0.320. The van der Waals surface area contributed by atoms with Crippen molar-refractivity contribution in [1.82, 2.24) is 5.06 Å². The predicted molar refractivity (Wildman–Crippen MR) is 33.6 cm³/mol. The molecule has 0 aromatic heterocycles. The predicted octanol–water partition coefficient (Wildman–Crippen LogP) is 0.268. The van der Waals surface area contributed by atoms with Crippen LogP contribution < -0.4 is 0 Å². The summed E-state index contributed by atoms with van der Waals surface area (Å²) in [6.45, 7) is 2.27. The molecule has 0 saturated heterocycles. The molecule has 0 saturated carbocycles. The second-order valence-corrected chi connectivity index (χ2v) is 1.91. The molecule has 1 aliphatic rings. The number of hydrogen-bond donors (Lipinski definition) is 0. The minimum Gasteiger partial charge on any atom is -0.483 e. The van der Waals surface area contributed by atoms with Crippen molar-refractivity contribution < 1.29 is 14.4 Å². The molecule has 0 fully saturated rings. The van der Waals surface area contributed by atoms with Gasteiger partial charge in [0.25, 0.3) is 0 Å². The van der Waals surface area contributed by atoms with Crippen LogP contribution in [0.25, 0.3) is 0 Å². The molecule has 1 aliphatic heterocycles. The molecule has 56 valence electrons. The van der Waals surface area contributed by atoms with E-state index in [4.69, 9.17) is 9.57 Å². The zero-order valence-electron chi connectivity index (χ0n) is 5.74. The van der Waals surface area contributed by atoms with Crippen LogP contribution >= 0.6 is 0 Å². The fourth-order valence-electron chi connectivity index (χ4n) is 0.653. The van der Waals surface area contributed by atoms with E-state index in [2.05, 4.69) is 0 Å². The lowest BCUT2D eigenvalue weighted by molar-refractivity contribution is -0.204. The summed E-state index contributed by atoms with van der Waals surface area (Å²) in [6.07, 6.45) is 3.35. The third-order valence-corrected chi connectivity index (χ3v) is 0.978. The first kappa shape index (κ1) is 7.08. The van der Waals surface area contributed by atoms with Gasteiger partial charge in [0.1, 0.15) is 0 Å². The van der Waals surface area contributed by atoms with E-state index in [1.807, 2.05) is 0 Å². The Kier molecular flexibility index (Phi) is 2.28. The smallest absolute Gasteiger partial charge is 0.322 e. The van der Waals surface area contributed by atoms with Gasteiger partial charge in [0.2, 0.25) is 0 Å². The van der Waals surface area contributed by atoms with Crippen LogP contribution in [-0.4, -0.2) is 24.3 Å². The number of carbonyl (C=O) groups is 1. The monoisotopic (exact) mass is 143 g/mol. The number of ether oxygens (including phenoxy) is 1. The SMILES string of the molecule is CC(=O)ON1CC=COC1. The summed E-state index contributed by atoms with van der Waals surface area (Å²) in [5, 5.41) is 1.43. The molecule has 0 unspecified atom stereocenters. The maximum absolute atomic E-state index is 10.4. The van der Waals surface area contributed by atoms with E-state index in [0.29, 0.717) is 13.3 Å². The highest BCUT2D eigenvalue weighted by Crippen LogP contribution is 1.98. The molecule has 0 amide bonds. The molecular weight excluding hydrogens is 134 g/mol. The van der Waals surface area contributed by atoms with Crippen LogP contribution in [0.1, 0.15) is 6.92 Å². The van der Waals surface area contributed by atoms with Gasteiger partial charge in [-0.25, -0.2) is 0 Å². The summed E-state index contributed by atoms with van der Waals surface area (Å²) in [5.74, 6) is -0.320. The van der Waals surface area contributed by atoms with Gasteiger partial charge in [-0.2, -0.15) is 0 Å². The molecule has 1 rings (SSSR count). The normalized spacial score (nSPS) is 18.1. The van der Waals surface area contributed by atoms with Crippen molar-refractivity contribution in [2.75, 3.05) is 13.3 Å². The lowest BCUT2D eigenvalue weighted by Gasteiger charge is -2.20. The van der Waals surface area contributed by atoms with Gasteiger partial charge >= 0.3 is 5.97 Å². The van der Waals surface area contributed by atoms with E-state index in [1.165, 1.54) is 12.0 Å². The highest BCUT2D eigenvalue weighted by molar-refractivity contribution is 5.65. The van der Waals surface area contributed by atoms with Crippen molar-refractivity contribution in [3.63, 3.8) is 0 Å². The molecular formula is C6H9NO3. The van der Waals surface area contributed by atoms with Crippen molar-refractivity contribution in [3.05, 3.63) is 12.3 Å². The second-order valence-electron chi connectivity index (χ2n) is 1.91. The lowest BCUT2D eigenvalue weighted by atomic mass is 10.6. The van der Waals surface area contributed by atoms with E-state index >= 15 is 0 Å². The zero-order chi connectivity index (χ0) is 7.40. The average molecular weight is 143 g/mol. The highest BCUT2D eigenvalue weighted by Gasteiger charge is 2.08. The maximum Gasteiger partial charge on any atom is 0.322 e. The summed E-state index contributed by atoms with van der Waals surface area (Å²) in [6, 6.07) is 0. The molecule has 0 bridgehead atoms. The van der Waals surface area contributed by atoms with Crippen molar-refractivity contribution in [2.45, 2.75) is 6.92 Å². The van der Waals surface area contributed by atoms with Crippen LogP contribution in [0.15, 0.2) is 12.3 Å². The van der Waals surface area contributed by atoms with Crippen molar-refractivity contribution in [2.24, 2.45) is 0 Å². The standard InChI is InChI=1S/C6H9NO3/c1-6(8)10-7-3-2-4-9-5-7/h2,4H,3,5H2,1H3. The molecule has 0 aliphatic carbocycles. The average Bonchev–Trinajstić information content (AvgIpc) is 1.88. The number of rotatable bonds is 1. The first-order valence-electron chi connectivity index (χ1n) is 2.99. The largest absolute Gasteiger partial charge is 0.483 e. The molecule has 0 radical (unpaired) electrons. The van der Waals surface area contributed by atoms with E-state index in [-0.39, 0.29) is 5.97 Å². The van der Waals surface area contributed by atoms with Crippen LogP contribution in [0.3, 0.4) is 0 Å². The number of nitrogens with zero attached hydrogens (tertiary/aromatic N) is 1. The third kappa shape index (κ3) is 2.06. The van der Waals surface area contributed by atoms with Crippen LogP contribution in [0, 0.1) is 0 Å². The van der Waals surface area contributed by atoms with Gasteiger partial charge in [-0.05, 0) is 6.08 Å². The van der Waals surface area contributed by atoms with Gasteiger partial charge in [-0.3, -0.25) is 4.79 Å². The van der Waals surface area contributed by atoms with Gasteiger partial charge in [0.15, 0.2) is 6.73 Å². The van der Waals surface area contributed by atoms with Crippen LogP contribution in [-0.2, 0) is 14.4 Å². The molecule has 0 aromatic rings. The van der Waals surface area contributed by atoms with Crippen LogP contribution in [0.5, 0.6) is 0 Å². The Morgan fingerprint density at radius 3 is 3.10 bits per heavy atom. The molecule has 0 spiro atoms. The Labute approximate surface area is 59.0 Å². The Morgan fingerprint density at radius 1 is 1.80 bits per heavy atom. The van der Waals surface area contributed by atoms with E-state index < -0.39 is 0 Å². The number of carbonyl (C=O) groups excluding carboxylic acids is 1. The summed E-state index contributed by atoms with van der Waals surface area (Å²) < 4.78 is 4.85. The molecule has 0 aromatic carbocycles. The van der Waals surface area contributed by atoms with Crippen LogP contribution in [0.4, 0.5) is 0 Å². The Bertz CT molecular complexity index is 155. The van der Waals surface area contributed by atoms with Gasteiger partial charge < -0.3 is 9.57 Å². The van der Waals surface area contributed by atoms with Gasteiger partial charge in [0, 0.05) is 6.92 Å². The first-order chi connectivity index (χ1) is 4.79. The second kappa shape index (κ2) is 3.22. The summed E-state index contributed by atoms with van der Waals surface area (Å²) in [5.41, 5.74) is 0. The summed E-state index contributed by atoms with van der Waals surface area (Å²) in [7, 11) is 0. The van der Waals surface area contributed by atoms with Gasteiger partial charge in [-0.15, -0.1) is 0 Å². The molecule has 0 N–H and O–H groups in total. The maximum atomic E-state index is 10.4. The number of hydroxylamine groups is 2. The topological polar surface area (TPSA) is 38.8 Å². The fourth-order valence-corrected chi connectivity index (χ4v) is 0.653. The molecule has 1 heterocycles. The van der Waals surface area contributed by atoms with E-state index in [9.17, 15) is 4.79 Å². The van der Waals surface area contributed by atoms with Crippen LogP contribution in [0.2, 0.25) is 0 Å². The Hall–Kier alpha value is -1.03. The van der Waals surface area contributed by atoms with E-state index in [0.717, 1.165) is 0 Å². The van der Waals surface area contributed by atoms with E-state index in [1.54, 1.807) is 12.3 Å². The molecule has 4 heteroatoms.